The fraction of sp³-hybridized carbons (Fsp3) is 0.267. The van der Waals surface area contributed by atoms with Crippen LogP contribution in [0.1, 0.15) is 31.3 Å². The second-order valence-corrected chi connectivity index (χ2v) is 8.87. The maximum absolute atomic E-state index is 13.5. The van der Waals surface area contributed by atoms with Gasteiger partial charge in [-0.1, -0.05) is 0 Å². The van der Waals surface area contributed by atoms with Crippen LogP contribution in [0, 0.1) is 15.2 Å². The lowest BCUT2D eigenvalue weighted by Gasteiger charge is -2.18. The first-order chi connectivity index (χ1) is 11.4. The number of carbonyl (C=O) groups is 1. The summed E-state index contributed by atoms with van der Waals surface area (Å²) in [6, 6.07) is 4.18. The van der Waals surface area contributed by atoms with Crippen molar-refractivity contribution in [3.63, 3.8) is 0 Å². The molecule has 0 fully saturated rings. The standard InChI is InChI=1S/C15H15F2IN2O4S/c1-15(2,3)20-25(22,23)12-5-4-11(24-12)14(21)19-8-6-9(16)13(18)10(17)7-8/h4-7,20H,1-3H3,(H,19,21). The second-order valence-electron chi connectivity index (χ2n) is 6.18. The van der Waals surface area contributed by atoms with E-state index in [0.717, 1.165) is 24.3 Å². The van der Waals surface area contributed by atoms with E-state index in [1.54, 1.807) is 20.8 Å². The van der Waals surface area contributed by atoms with E-state index in [4.69, 9.17) is 4.42 Å². The van der Waals surface area contributed by atoms with Gasteiger partial charge < -0.3 is 9.73 Å². The molecule has 6 nitrogen and oxygen atoms in total. The van der Waals surface area contributed by atoms with Gasteiger partial charge in [-0.2, -0.15) is 0 Å². The highest BCUT2D eigenvalue weighted by atomic mass is 127. The second kappa shape index (κ2) is 7.00. The maximum Gasteiger partial charge on any atom is 0.291 e. The molecule has 1 amide bonds. The molecule has 2 aromatic rings. The lowest BCUT2D eigenvalue weighted by atomic mass is 10.1. The summed E-state index contributed by atoms with van der Waals surface area (Å²) >= 11 is 1.50. The van der Waals surface area contributed by atoms with Crippen LogP contribution in [0.5, 0.6) is 0 Å². The minimum atomic E-state index is -3.94. The van der Waals surface area contributed by atoms with E-state index in [0.29, 0.717) is 0 Å². The Balaban J connectivity index is 2.21. The quantitative estimate of drug-likeness (QED) is 0.514. The van der Waals surface area contributed by atoms with Crippen molar-refractivity contribution in [2.24, 2.45) is 0 Å². The summed E-state index contributed by atoms with van der Waals surface area (Å²) in [7, 11) is -3.94. The summed E-state index contributed by atoms with van der Waals surface area (Å²) in [5, 5.41) is 1.81. The summed E-state index contributed by atoms with van der Waals surface area (Å²) in [4.78, 5) is 12.1. The number of nitrogens with one attached hydrogen (secondary N) is 2. The van der Waals surface area contributed by atoms with Crippen molar-refractivity contribution in [2.75, 3.05) is 5.32 Å². The van der Waals surface area contributed by atoms with Crippen molar-refractivity contribution in [2.45, 2.75) is 31.4 Å². The molecule has 0 atom stereocenters. The van der Waals surface area contributed by atoms with E-state index in [1.165, 1.54) is 22.6 Å². The summed E-state index contributed by atoms with van der Waals surface area (Å²) in [6.07, 6.45) is 0. The molecule has 2 N–H and O–H groups in total. The molecule has 136 valence electrons. The van der Waals surface area contributed by atoms with Gasteiger partial charge in [-0.05, 0) is 67.6 Å². The zero-order valence-corrected chi connectivity index (χ0v) is 16.5. The van der Waals surface area contributed by atoms with Crippen molar-refractivity contribution in [1.82, 2.24) is 4.72 Å². The molecule has 2 rings (SSSR count). The van der Waals surface area contributed by atoms with Crippen LogP contribution in [0.4, 0.5) is 14.5 Å². The number of carbonyl (C=O) groups excluding carboxylic acids is 1. The van der Waals surface area contributed by atoms with Gasteiger partial charge in [0.25, 0.3) is 15.9 Å². The number of sulfonamides is 1. The van der Waals surface area contributed by atoms with E-state index in [2.05, 4.69) is 10.0 Å². The predicted molar refractivity (Wildman–Crippen MR) is 95.8 cm³/mol. The van der Waals surface area contributed by atoms with Crippen LogP contribution in [0.15, 0.2) is 33.8 Å². The molecule has 0 bridgehead atoms. The number of anilines is 1. The molecule has 0 unspecified atom stereocenters. The number of hydrogen-bond acceptors (Lipinski definition) is 4. The molecule has 10 heteroatoms. The van der Waals surface area contributed by atoms with Crippen LogP contribution < -0.4 is 10.0 Å². The summed E-state index contributed by atoms with van der Waals surface area (Å²) in [5.74, 6) is -2.80. The lowest BCUT2D eigenvalue weighted by molar-refractivity contribution is 0.0991. The van der Waals surface area contributed by atoms with Crippen LogP contribution in [-0.2, 0) is 10.0 Å². The third-order valence-electron chi connectivity index (χ3n) is 2.75. The van der Waals surface area contributed by atoms with Gasteiger partial charge in [0.05, 0.1) is 3.57 Å². The minimum absolute atomic E-state index is 0.117. The predicted octanol–water partition coefficient (Wildman–Crippen LogP) is 3.49. The summed E-state index contributed by atoms with van der Waals surface area (Å²) in [5.41, 5.74) is -0.848. The van der Waals surface area contributed by atoms with Crippen LogP contribution in [0.2, 0.25) is 0 Å². The molecule has 0 spiro atoms. The largest absolute Gasteiger partial charge is 0.438 e. The number of hydrogen-bond donors (Lipinski definition) is 2. The van der Waals surface area contributed by atoms with Crippen molar-refractivity contribution in [1.29, 1.82) is 0 Å². The number of benzene rings is 1. The van der Waals surface area contributed by atoms with Crippen molar-refractivity contribution < 1.29 is 26.4 Å². The molecule has 0 saturated carbocycles. The third kappa shape index (κ3) is 4.98. The SMILES string of the molecule is CC(C)(C)NS(=O)(=O)c1ccc(C(=O)Nc2cc(F)c(I)c(F)c2)o1. The number of halogens is 3. The van der Waals surface area contributed by atoms with E-state index >= 15 is 0 Å². The lowest BCUT2D eigenvalue weighted by Crippen LogP contribution is -2.40. The Kier molecular flexibility index (Phi) is 5.54. The average Bonchev–Trinajstić information content (AvgIpc) is 2.92. The normalized spacial score (nSPS) is 12.2. The van der Waals surface area contributed by atoms with Crippen molar-refractivity contribution in [3.05, 3.63) is 45.2 Å². The zero-order valence-electron chi connectivity index (χ0n) is 13.5. The Labute approximate surface area is 157 Å². The highest BCUT2D eigenvalue weighted by Gasteiger charge is 2.26. The van der Waals surface area contributed by atoms with Crippen LogP contribution >= 0.6 is 22.6 Å². The Morgan fingerprint density at radius 3 is 2.24 bits per heavy atom. The molecule has 0 saturated heterocycles. The van der Waals surface area contributed by atoms with E-state index < -0.39 is 38.2 Å². The van der Waals surface area contributed by atoms with Gasteiger partial charge >= 0.3 is 0 Å². The third-order valence-corrected chi connectivity index (χ3v) is 5.41. The molecule has 0 aliphatic rings. The highest BCUT2D eigenvalue weighted by molar-refractivity contribution is 14.1. The first-order valence-electron chi connectivity index (χ1n) is 6.99. The fourth-order valence-electron chi connectivity index (χ4n) is 1.86. The van der Waals surface area contributed by atoms with Gasteiger partial charge in [0.2, 0.25) is 5.09 Å². The molecule has 1 heterocycles. The van der Waals surface area contributed by atoms with E-state index in [9.17, 15) is 22.0 Å². The van der Waals surface area contributed by atoms with Crippen LogP contribution in [0.25, 0.3) is 0 Å². The monoisotopic (exact) mass is 484 g/mol. The molecule has 0 radical (unpaired) electrons. The zero-order chi connectivity index (χ0) is 19.0. The van der Waals surface area contributed by atoms with Gasteiger partial charge in [-0.25, -0.2) is 21.9 Å². The topological polar surface area (TPSA) is 88.4 Å². The molecular formula is C15H15F2IN2O4S. The number of rotatable bonds is 4. The Bertz CT molecular complexity index is 897. The molecule has 1 aromatic carbocycles. The Morgan fingerprint density at radius 1 is 1.16 bits per heavy atom. The fourth-order valence-corrected chi connectivity index (χ4v) is 3.53. The Morgan fingerprint density at radius 2 is 1.72 bits per heavy atom. The smallest absolute Gasteiger partial charge is 0.291 e. The molecular weight excluding hydrogens is 469 g/mol. The van der Waals surface area contributed by atoms with Gasteiger partial charge in [0.15, 0.2) is 5.76 Å². The van der Waals surface area contributed by atoms with Gasteiger partial charge in [-0.15, -0.1) is 0 Å². The first kappa shape index (κ1) is 19.8. The van der Waals surface area contributed by atoms with Gasteiger partial charge in [-0.3, -0.25) is 4.79 Å². The molecule has 0 aliphatic carbocycles. The van der Waals surface area contributed by atoms with Crippen LogP contribution in [0.3, 0.4) is 0 Å². The van der Waals surface area contributed by atoms with Gasteiger partial charge in [0.1, 0.15) is 11.6 Å². The summed E-state index contributed by atoms with van der Waals surface area (Å²) < 4.78 is 58.5. The number of furan rings is 1. The molecule has 0 aliphatic heterocycles. The number of amides is 1. The maximum atomic E-state index is 13.5. The minimum Gasteiger partial charge on any atom is -0.438 e. The molecule has 25 heavy (non-hydrogen) atoms. The highest BCUT2D eigenvalue weighted by Crippen LogP contribution is 2.22. The van der Waals surface area contributed by atoms with E-state index in [-0.39, 0.29) is 15.0 Å². The summed E-state index contributed by atoms with van der Waals surface area (Å²) in [6.45, 7) is 4.96. The first-order valence-corrected chi connectivity index (χ1v) is 9.55. The van der Waals surface area contributed by atoms with Crippen molar-refractivity contribution in [3.8, 4) is 0 Å². The molecule has 1 aromatic heterocycles. The Hall–Kier alpha value is -1.53. The van der Waals surface area contributed by atoms with E-state index in [1.807, 2.05) is 0 Å². The van der Waals surface area contributed by atoms with Gasteiger partial charge in [0, 0.05) is 11.2 Å². The van der Waals surface area contributed by atoms with Crippen molar-refractivity contribution >= 4 is 44.2 Å². The van der Waals surface area contributed by atoms with Crippen LogP contribution in [-0.4, -0.2) is 19.9 Å². The average molecular weight is 484 g/mol.